The molecule has 0 radical (unpaired) electrons. The number of hydrogen-bond donors (Lipinski definition) is 1. The maximum Gasteiger partial charge on any atom is 0.253 e. The molecular weight excluding hydrogens is 347 g/mol. The van der Waals surface area contributed by atoms with Gasteiger partial charge in [-0.15, -0.1) is 12.4 Å². The van der Waals surface area contributed by atoms with E-state index >= 15 is 0 Å². The van der Waals surface area contributed by atoms with Crippen molar-refractivity contribution >= 4 is 34.2 Å². The molecule has 1 aromatic rings. The topological polar surface area (TPSA) is 46.3 Å². The van der Waals surface area contributed by atoms with E-state index < -0.39 is 5.82 Å². The Balaban J connectivity index is 0.00000200. The average Bonchev–Trinajstić information content (AvgIpc) is 2.35. The van der Waals surface area contributed by atoms with Gasteiger partial charge in [0.25, 0.3) is 5.91 Å². The van der Waals surface area contributed by atoms with Crippen LogP contribution in [0.4, 0.5) is 4.39 Å². The second-order valence-corrected chi connectivity index (χ2v) is 6.59. The van der Waals surface area contributed by atoms with Crippen LogP contribution in [0.2, 0.25) is 0 Å². The van der Waals surface area contributed by atoms with E-state index in [0.717, 1.165) is 6.42 Å². The molecule has 1 unspecified atom stereocenters. The summed E-state index contributed by atoms with van der Waals surface area (Å²) in [5, 5.41) is 0. The Hall–Kier alpha value is -0.650. The Morgan fingerprint density at radius 2 is 2.15 bits per heavy atom. The minimum Gasteiger partial charge on any atom is -0.338 e. The van der Waals surface area contributed by atoms with Gasteiger partial charge in [0.1, 0.15) is 5.82 Å². The molecule has 1 heterocycles. The molecule has 6 heteroatoms. The van der Waals surface area contributed by atoms with Crippen LogP contribution in [0.3, 0.4) is 0 Å². The van der Waals surface area contributed by atoms with Gasteiger partial charge < -0.3 is 10.6 Å². The molecule has 20 heavy (non-hydrogen) atoms. The highest BCUT2D eigenvalue weighted by Crippen LogP contribution is 2.29. The molecule has 1 aliphatic heterocycles. The molecule has 1 saturated heterocycles. The van der Waals surface area contributed by atoms with Gasteiger partial charge in [-0.05, 0) is 46.0 Å². The maximum atomic E-state index is 13.5. The van der Waals surface area contributed by atoms with Crippen molar-refractivity contribution in [3.05, 3.63) is 34.1 Å². The molecule has 0 saturated carbocycles. The van der Waals surface area contributed by atoms with Crippen molar-refractivity contribution in [2.75, 3.05) is 13.1 Å². The zero-order valence-electron chi connectivity index (χ0n) is 11.5. The standard InChI is InChI=1S/C14H18BrFN2O.ClH/c1-14(2)8-18(6-5-12(14)17)13(19)9-3-4-10(15)11(16)7-9;/h3-4,7,12H,5-6,8,17H2,1-2H3;1H. The largest absolute Gasteiger partial charge is 0.338 e. The molecule has 0 aromatic heterocycles. The third kappa shape index (κ3) is 3.51. The fourth-order valence-electron chi connectivity index (χ4n) is 2.36. The molecule has 1 atom stereocenters. The van der Waals surface area contributed by atoms with Crippen molar-refractivity contribution in [2.24, 2.45) is 11.1 Å². The SMILES string of the molecule is CC1(C)CN(C(=O)c2ccc(Br)c(F)c2)CCC1N.Cl. The molecule has 1 aliphatic rings. The first kappa shape index (κ1) is 17.4. The van der Waals surface area contributed by atoms with Gasteiger partial charge in [-0.3, -0.25) is 4.79 Å². The molecule has 1 amide bonds. The monoisotopic (exact) mass is 364 g/mol. The number of carbonyl (C=O) groups excluding carboxylic acids is 1. The van der Waals surface area contributed by atoms with Crippen LogP contribution in [-0.2, 0) is 0 Å². The summed E-state index contributed by atoms with van der Waals surface area (Å²) >= 11 is 3.08. The molecule has 1 aromatic carbocycles. The van der Waals surface area contributed by atoms with Crippen LogP contribution in [0.15, 0.2) is 22.7 Å². The summed E-state index contributed by atoms with van der Waals surface area (Å²) < 4.78 is 13.8. The molecule has 2 N–H and O–H groups in total. The number of carbonyl (C=O) groups is 1. The van der Waals surface area contributed by atoms with Gasteiger partial charge in [-0.1, -0.05) is 13.8 Å². The molecule has 0 spiro atoms. The van der Waals surface area contributed by atoms with Crippen LogP contribution in [0.1, 0.15) is 30.6 Å². The third-order valence-electron chi connectivity index (χ3n) is 3.77. The third-order valence-corrected chi connectivity index (χ3v) is 4.41. The van der Waals surface area contributed by atoms with Crippen molar-refractivity contribution in [2.45, 2.75) is 26.3 Å². The second-order valence-electron chi connectivity index (χ2n) is 5.74. The molecule has 112 valence electrons. The number of rotatable bonds is 1. The number of halogens is 3. The summed E-state index contributed by atoms with van der Waals surface area (Å²) in [4.78, 5) is 14.1. The minimum absolute atomic E-state index is 0. The number of benzene rings is 1. The molecule has 3 nitrogen and oxygen atoms in total. The van der Waals surface area contributed by atoms with E-state index in [0.29, 0.717) is 23.1 Å². The van der Waals surface area contributed by atoms with Gasteiger partial charge in [0, 0.05) is 24.7 Å². The van der Waals surface area contributed by atoms with E-state index in [4.69, 9.17) is 5.73 Å². The van der Waals surface area contributed by atoms with Crippen LogP contribution >= 0.6 is 28.3 Å². The van der Waals surface area contributed by atoms with Crippen molar-refractivity contribution in [1.82, 2.24) is 4.90 Å². The molecule has 2 rings (SSSR count). The van der Waals surface area contributed by atoms with E-state index in [1.165, 1.54) is 6.07 Å². The summed E-state index contributed by atoms with van der Waals surface area (Å²) in [6, 6.07) is 4.56. The van der Waals surface area contributed by atoms with Crippen molar-refractivity contribution in [3.63, 3.8) is 0 Å². The number of nitrogens with zero attached hydrogens (tertiary/aromatic N) is 1. The van der Waals surface area contributed by atoms with Crippen LogP contribution in [0.5, 0.6) is 0 Å². The fraction of sp³-hybridized carbons (Fsp3) is 0.500. The van der Waals surface area contributed by atoms with Crippen LogP contribution < -0.4 is 5.73 Å². The van der Waals surface area contributed by atoms with Gasteiger partial charge in [0.15, 0.2) is 0 Å². The number of hydrogen-bond acceptors (Lipinski definition) is 2. The average molecular weight is 366 g/mol. The molecule has 1 fully saturated rings. The Kier molecular flexibility index (Phi) is 5.58. The van der Waals surface area contributed by atoms with E-state index in [-0.39, 0.29) is 29.8 Å². The number of likely N-dealkylation sites (tertiary alicyclic amines) is 1. The summed E-state index contributed by atoms with van der Waals surface area (Å²) in [6.45, 7) is 5.34. The lowest BCUT2D eigenvalue weighted by Crippen LogP contribution is -2.54. The quantitative estimate of drug-likeness (QED) is 0.830. The summed E-state index contributed by atoms with van der Waals surface area (Å²) in [5.41, 5.74) is 6.33. The minimum atomic E-state index is -0.418. The van der Waals surface area contributed by atoms with Crippen molar-refractivity contribution in [1.29, 1.82) is 0 Å². The van der Waals surface area contributed by atoms with Crippen molar-refractivity contribution in [3.8, 4) is 0 Å². The lowest BCUT2D eigenvalue weighted by atomic mass is 9.79. The summed E-state index contributed by atoms with van der Waals surface area (Å²) in [6.07, 6.45) is 0.776. The molecule has 0 bridgehead atoms. The second kappa shape index (κ2) is 6.41. The van der Waals surface area contributed by atoms with Gasteiger partial charge in [-0.25, -0.2) is 4.39 Å². The Labute approximate surface area is 133 Å². The normalized spacial score (nSPS) is 21.2. The van der Waals surface area contributed by atoms with Gasteiger partial charge in [-0.2, -0.15) is 0 Å². The Morgan fingerprint density at radius 3 is 2.70 bits per heavy atom. The zero-order chi connectivity index (χ0) is 14.2. The maximum absolute atomic E-state index is 13.5. The first-order chi connectivity index (χ1) is 8.81. The highest BCUT2D eigenvalue weighted by atomic mass is 79.9. The summed E-state index contributed by atoms with van der Waals surface area (Å²) in [7, 11) is 0. The van der Waals surface area contributed by atoms with E-state index in [2.05, 4.69) is 29.8 Å². The molecular formula is C14H19BrClFN2O. The van der Waals surface area contributed by atoms with Crippen LogP contribution in [0, 0.1) is 11.2 Å². The lowest BCUT2D eigenvalue weighted by molar-refractivity contribution is 0.0532. The number of nitrogens with two attached hydrogens (primary N) is 1. The Morgan fingerprint density at radius 1 is 1.50 bits per heavy atom. The smallest absolute Gasteiger partial charge is 0.253 e. The van der Waals surface area contributed by atoms with E-state index in [1.54, 1.807) is 17.0 Å². The van der Waals surface area contributed by atoms with Crippen LogP contribution in [-0.4, -0.2) is 29.9 Å². The zero-order valence-corrected chi connectivity index (χ0v) is 13.9. The number of amides is 1. The van der Waals surface area contributed by atoms with E-state index in [1.807, 2.05) is 0 Å². The highest BCUT2D eigenvalue weighted by molar-refractivity contribution is 9.10. The molecule has 0 aliphatic carbocycles. The fourth-order valence-corrected chi connectivity index (χ4v) is 2.61. The van der Waals surface area contributed by atoms with Crippen LogP contribution in [0.25, 0.3) is 0 Å². The first-order valence-corrected chi connectivity index (χ1v) is 7.10. The van der Waals surface area contributed by atoms with E-state index in [9.17, 15) is 9.18 Å². The predicted molar refractivity (Wildman–Crippen MR) is 83.6 cm³/mol. The van der Waals surface area contributed by atoms with Gasteiger partial charge in [0.05, 0.1) is 4.47 Å². The number of piperidine rings is 1. The van der Waals surface area contributed by atoms with Gasteiger partial charge >= 0.3 is 0 Å². The van der Waals surface area contributed by atoms with Gasteiger partial charge in [0.2, 0.25) is 0 Å². The Bertz CT molecular complexity index is 510. The van der Waals surface area contributed by atoms with Crippen molar-refractivity contribution < 1.29 is 9.18 Å². The summed E-state index contributed by atoms with van der Waals surface area (Å²) in [5.74, 6) is -0.551. The predicted octanol–water partition coefficient (Wildman–Crippen LogP) is 3.21. The first-order valence-electron chi connectivity index (χ1n) is 6.31. The highest BCUT2D eigenvalue weighted by Gasteiger charge is 2.35. The lowest BCUT2D eigenvalue weighted by Gasteiger charge is -2.42.